The SMILES string of the molecule is COc1ccc(S(=O)(=O)N2CCC(n3c(-c4ccccc4C#N)nc4cccnc43)CC2)cc1Cl. The maximum Gasteiger partial charge on any atom is 0.243 e. The topological polar surface area (TPSA) is 101 Å². The van der Waals surface area contributed by atoms with Crippen LogP contribution < -0.4 is 4.74 Å². The molecule has 0 amide bonds. The standard InChI is InChI=1S/C25H22ClN5O3S/c1-34-23-9-8-19(15-21(23)26)35(32,33)30-13-10-18(11-14-30)31-24(20-6-3-2-5-17(20)16-27)29-22-7-4-12-28-25(22)31/h2-9,12,15,18H,10-11,13-14H2,1H3. The zero-order valence-corrected chi connectivity index (χ0v) is 20.5. The van der Waals surface area contributed by atoms with Crippen LogP contribution in [-0.4, -0.2) is 47.5 Å². The van der Waals surface area contributed by atoms with E-state index < -0.39 is 10.0 Å². The maximum atomic E-state index is 13.3. The average molecular weight is 508 g/mol. The summed E-state index contributed by atoms with van der Waals surface area (Å²) in [5.74, 6) is 1.09. The van der Waals surface area contributed by atoms with Crippen molar-refractivity contribution in [3.8, 4) is 23.2 Å². The van der Waals surface area contributed by atoms with Crippen LogP contribution in [0.4, 0.5) is 0 Å². The molecular formula is C25H22ClN5O3S. The molecular weight excluding hydrogens is 486 g/mol. The first kappa shape index (κ1) is 23.3. The molecule has 0 unspecified atom stereocenters. The van der Waals surface area contributed by atoms with E-state index in [1.165, 1.54) is 23.5 Å². The van der Waals surface area contributed by atoms with Gasteiger partial charge in [0.15, 0.2) is 5.65 Å². The normalized spacial score (nSPS) is 15.2. The minimum Gasteiger partial charge on any atom is -0.495 e. The second kappa shape index (κ2) is 9.30. The number of nitrogens with zero attached hydrogens (tertiary/aromatic N) is 5. The van der Waals surface area contributed by atoms with Gasteiger partial charge in [0.1, 0.15) is 17.1 Å². The molecule has 0 N–H and O–H groups in total. The first-order valence-electron chi connectivity index (χ1n) is 11.1. The average Bonchev–Trinajstić information content (AvgIpc) is 3.28. The minimum absolute atomic E-state index is 0.0254. The molecule has 0 atom stereocenters. The third kappa shape index (κ3) is 4.14. The molecule has 0 saturated carbocycles. The molecule has 178 valence electrons. The van der Waals surface area contributed by atoms with E-state index in [0.29, 0.717) is 43.1 Å². The number of hydrogen-bond acceptors (Lipinski definition) is 6. The van der Waals surface area contributed by atoms with Crippen molar-refractivity contribution in [3.63, 3.8) is 0 Å². The molecule has 4 aromatic rings. The number of methoxy groups -OCH3 is 1. The maximum absolute atomic E-state index is 13.3. The van der Waals surface area contributed by atoms with Crippen LogP contribution in [0.3, 0.4) is 0 Å². The van der Waals surface area contributed by atoms with Gasteiger partial charge in [-0.3, -0.25) is 0 Å². The van der Waals surface area contributed by atoms with Crippen molar-refractivity contribution in [1.29, 1.82) is 5.26 Å². The molecule has 8 nitrogen and oxygen atoms in total. The summed E-state index contributed by atoms with van der Waals surface area (Å²) in [6.07, 6.45) is 2.87. The van der Waals surface area contributed by atoms with E-state index in [2.05, 4.69) is 15.6 Å². The van der Waals surface area contributed by atoms with Crippen molar-refractivity contribution in [2.45, 2.75) is 23.8 Å². The van der Waals surface area contributed by atoms with Gasteiger partial charge in [-0.1, -0.05) is 23.7 Å². The molecule has 0 spiro atoms. The molecule has 1 saturated heterocycles. The fourth-order valence-electron chi connectivity index (χ4n) is 4.54. The van der Waals surface area contributed by atoms with Gasteiger partial charge in [0.25, 0.3) is 0 Å². The fourth-order valence-corrected chi connectivity index (χ4v) is 6.36. The van der Waals surface area contributed by atoms with E-state index in [9.17, 15) is 13.7 Å². The molecule has 35 heavy (non-hydrogen) atoms. The van der Waals surface area contributed by atoms with E-state index in [0.717, 1.165) is 16.7 Å². The number of rotatable bonds is 5. The summed E-state index contributed by atoms with van der Waals surface area (Å²) in [4.78, 5) is 9.50. The molecule has 0 bridgehead atoms. The Morgan fingerprint density at radius 1 is 1.11 bits per heavy atom. The lowest BCUT2D eigenvalue weighted by molar-refractivity contribution is 0.278. The number of halogens is 1. The molecule has 10 heteroatoms. The third-order valence-corrected chi connectivity index (χ3v) is 8.48. The lowest BCUT2D eigenvalue weighted by Gasteiger charge is -2.32. The molecule has 0 aliphatic carbocycles. The second-order valence-electron chi connectivity index (χ2n) is 8.24. The summed E-state index contributed by atoms with van der Waals surface area (Å²) in [7, 11) is -2.22. The van der Waals surface area contributed by atoms with Crippen molar-refractivity contribution in [2.75, 3.05) is 20.2 Å². The Kier molecular flexibility index (Phi) is 6.19. The van der Waals surface area contributed by atoms with Gasteiger partial charge in [0, 0.05) is 30.9 Å². The molecule has 5 rings (SSSR count). The largest absolute Gasteiger partial charge is 0.495 e. The van der Waals surface area contributed by atoms with Crippen molar-refractivity contribution in [3.05, 3.63) is 71.4 Å². The number of sulfonamides is 1. The molecule has 2 aromatic heterocycles. The highest BCUT2D eigenvalue weighted by atomic mass is 35.5. The van der Waals surface area contributed by atoms with E-state index in [1.807, 2.05) is 30.3 Å². The number of imidazole rings is 1. The van der Waals surface area contributed by atoms with Crippen molar-refractivity contribution in [1.82, 2.24) is 18.8 Å². The molecule has 1 aliphatic heterocycles. The summed E-state index contributed by atoms with van der Waals surface area (Å²) in [5, 5.41) is 9.90. The number of fused-ring (bicyclic) bond motifs is 1. The number of nitriles is 1. The zero-order chi connectivity index (χ0) is 24.6. The Morgan fingerprint density at radius 3 is 2.60 bits per heavy atom. The van der Waals surface area contributed by atoms with Gasteiger partial charge in [-0.25, -0.2) is 18.4 Å². The van der Waals surface area contributed by atoms with Gasteiger partial charge >= 0.3 is 0 Å². The second-order valence-corrected chi connectivity index (χ2v) is 10.6. The van der Waals surface area contributed by atoms with Crippen LogP contribution in [0.5, 0.6) is 5.75 Å². The highest BCUT2D eigenvalue weighted by Crippen LogP contribution is 2.35. The summed E-state index contributed by atoms with van der Waals surface area (Å²) in [5.41, 5.74) is 2.72. The van der Waals surface area contributed by atoms with Crippen LogP contribution in [0.2, 0.25) is 5.02 Å². The minimum atomic E-state index is -3.71. The summed E-state index contributed by atoms with van der Waals surface area (Å²) in [6, 6.07) is 17.8. The zero-order valence-electron chi connectivity index (χ0n) is 18.9. The van der Waals surface area contributed by atoms with Gasteiger partial charge in [-0.15, -0.1) is 0 Å². The molecule has 3 heterocycles. The molecule has 1 aliphatic rings. The molecule has 0 radical (unpaired) electrons. The Hall–Kier alpha value is -3.45. The lowest BCUT2D eigenvalue weighted by Crippen LogP contribution is -2.39. The summed E-state index contributed by atoms with van der Waals surface area (Å²) in [6.45, 7) is 0.672. The van der Waals surface area contributed by atoms with Crippen LogP contribution in [0, 0.1) is 11.3 Å². The summed E-state index contributed by atoms with van der Waals surface area (Å²) >= 11 is 6.17. The van der Waals surface area contributed by atoms with E-state index >= 15 is 0 Å². The molecule has 2 aromatic carbocycles. The Balaban J connectivity index is 1.47. The van der Waals surface area contributed by atoms with Crippen LogP contribution in [-0.2, 0) is 10.0 Å². The monoisotopic (exact) mass is 507 g/mol. The quantitative estimate of drug-likeness (QED) is 0.389. The van der Waals surface area contributed by atoms with Crippen LogP contribution in [0.15, 0.2) is 65.7 Å². The van der Waals surface area contributed by atoms with Crippen LogP contribution >= 0.6 is 11.6 Å². The van der Waals surface area contributed by atoms with Gasteiger partial charge in [-0.05, 0) is 55.3 Å². The number of benzene rings is 2. The van der Waals surface area contributed by atoms with Crippen molar-refractivity contribution in [2.24, 2.45) is 0 Å². The van der Waals surface area contributed by atoms with Crippen molar-refractivity contribution < 1.29 is 13.2 Å². The summed E-state index contributed by atoms with van der Waals surface area (Å²) < 4.78 is 35.2. The van der Waals surface area contributed by atoms with Crippen molar-refractivity contribution >= 4 is 32.8 Å². The Labute approximate surface area is 208 Å². The third-order valence-electron chi connectivity index (χ3n) is 6.29. The highest BCUT2D eigenvalue weighted by Gasteiger charge is 2.32. The number of pyridine rings is 1. The highest BCUT2D eigenvalue weighted by molar-refractivity contribution is 7.89. The lowest BCUT2D eigenvalue weighted by atomic mass is 10.0. The van der Waals surface area contributed by atoms with Crippen LogP contribution in [0.25, 0.3) is 22.6 Å². The fraction of sp³-hybridized carbons (Fsp3) is 0.240. The predicted octanol–water partition coefficient (Wildman–Crippen LogP) is 4.66. The smallest absolute Gasteiger partial charge is 0.243 e. The first-order chi connectivity index (χ1) is 16.9. The van der Waals surface area contributed by atoms with E-state index in [-0.39, 0.29) is 16.0 Å². The number of ether oxygens (including phenoxy) is 1. The van der Waals surface area contributed by atoms with Gasteiger partial charge in [0.2, 0.25) is 10.0 Å². The van der Waals surface area contributed by atoms with E-state index in [4.69, 9.17) is 21.3 Å². The van der Waals surface area contributed by atoms with Gasteiger partial charge < -0.3 is 9.30 Å². The number of hydrogen-bond donors (Lipinski definition) is 0. The van der Waals surface area contributed by atoms with Crippen LogP contribution in [0.1, 0.15) is 24.4 Å². The number of aromatic nitrogens is 3. The molecule has 1 fully saturated rings. The van der Waals surface area contributed by atoms with E-state index in [1.54, 1.807) is 18.3 Å². The number of piperidine rings is 1. The Morgan fingerprint density at radius 2 is 1.89 bits per heavy atom. The first-order valence-corrected chi connectivity index (χ1v) is 12.9. The van der Waals surface area contributed by atoms with Gasteiger partial charge in [-0.2, -0.15) is 9.57 Å². The van der Waals surface area contributed by atoms with Gasteiger partial charge in [0.05, 0.1) is 28.7 Å². The predicted molar refractivity (Wildman–Crippen MR) is 133 cm³/mol. The Bertz CT molecular complexity index is 1550.